The van der Waals surface area contributed by atoms with Crippen LogP contribution in [0.1, 0.15) is 62.0 Å². The molecule has 6 nitrogen and oxygen atoms in total. The molecular formula is C18H24N4O2S2. The van der Waals surface area contributed by atoms with Crippen molar-refractivity contribution in [3.63, 3.8) is 0 Å². The summed E-state index contributed by atoms with van der Waals surface area (Å²) in [4.78, 5) is 24.2. The molecule has 1 unspecified atom stereocenters. The number of thioether (sulfide) groups is 1. The van der Waals surface area contributed by atoms with E-state index >= 15 is 0 Å². The molecule has 0 radical (unpaired) electrons. The predicted octanol–water partition coefficient (Wildman–Crippen LogP) is 4.63. The molecule has 0 spiro atoms. The Morgan fingerprint density at radius 2 is 1.96 bits per heavy atom. The number of fused-ring (bicyclic) bond motifs is 1. The van der Waals surface area contributed by atoms with E-state index in [1.54, 1.807) is 15.9 Å². The van der Waals surface area contributed by atoms with Gasteiger partial charge in [-0.25, -0.2) is 4.98 Å². The Balaban J connectivity index is 2.00. The van der Waals surface area contributed by atoms with Crippen LogP contribution in [0.5, 0.6) is 0 Å². The van der Waals surface area contributed by atoms with Gasteiger partial charge >= 0.3 is 0 Å². The van der Waals surface area contributed by atoms with Crippen LogP contribution in [0.2, 0.25) is 0 Å². The summed E-state index contributed by atoms with van der Waals surface area (Å²) in [6, 6.07) is 0. The summed E-state index contributed by atoms with van der Waals surface area (Å²) in [7, 11) is 0. The van der Waals surface area contributed by atoms with E-state index in [0.29, 0.717) is 23.4 Å². The average Bonchev–Trinajstić information content (AvgIpc) is 3.14. The lowest BCUT2D eigenvalue weighted by Crippen LogP contribution is -2.22. The Morgan fingerprint density at radius 3 is 2.54 bits per heavy atom. The number of thiophene rings is 1. The molecule has 0 bridgehead atoms. The van der Waals surface area contributed by atoms with Gasteiger partial charge < -0.3 is 4.52 Å². The highest BCUT2D eigenvalue weighted by Crippen LogP contribution is 2.35. The molecule has 3 rings (SSSR count). The molecule has 140 valence electrons. The summed E-state index contributed by atoms with van der Waals surface area (Å²) in [5.41, 5.74) is 0.886. The van der Waals surface area contributed by atoms with E-state index in [1.807, 2.05) is 48.5 Å². The zero-order valence-electron chi connectivity index (χ0n) is 16.2. The van der Waals surface area contributed by atoms with E-state index in [0.717, 1.165) is 20.7 Å². The van der Waals surface area contributed by atoms with Crippen LogP contribution >= 0.6 is 23.1 Å². The maximum Gasteiger partial charge on any atom is 0.263 e. The van der Waals surface area contributed by atoms with E-state index < -0.39 is 0 Å². The van der Waals surface area contributed by atoms with Gasteiger partial charge in [0.2, 0.25) is 5.89 Å². The summed E-state index contributed by atoms with van der Waals surface area (Å²) in [6.07, 6.45) is 0. The summed E-state index contributed by atoms with van der Waals surface area (Å²) >= 11 is 3.05. The van der Waals surface area contributed by atoms with Gasteiger partial charge in [-0.05, 0) is 33.3 Å². The number of aryl methyl sites for hydroxylation is 2. The number of aromatic nitrogens is 4. The summed E-state index contributed by atoms with van der Waals surface area (Å²) < 4.78 is 7.17. The van der Waals surface area contributed by atoms with E-state index in [2.05, 4.69) is 10.1 Å². The van der Waals surface area contributed by atoms with E-state index in [-0.39, 0.29) is 16.2 Å². The third-order valence-corrected chi connectivity index (χ3v) is 6.49. The summed E-state index contributed by atoms with van der Waals surface area (Å²) in [6.45, 7) is 14.7. The molecule has 26 heavy (non-hydrogen) atoms. The molecule has 0 N–H and O–H groups in total. The minimum Gasteiger partial charge on any atom is -0.338 e. The number of hydrogen-bond acceptors (Lipinski definition) is 7. The number of nitrogens with zero attached hydrogens (tertiary/aromatic N) is 4. The van der Waals surface area contributed by atoms with E-state index in [9.17, 15) is 4.79 Å². The third-order valence-electron chi connectivity index (χ3n) is 4.31. The van der Waals surface area contributed by atoms with Crippen LogP contribution in [-0.2, 0) is 12.0 Å². The normalized spacial score (nSPS) is 13.5. The fraction of sp³-hybridized carbons (Fsp3) is 0.556. The van der Waals surface area contributed by atoms with Gasteiger partial charge in [0.1, 0.15) is 4.83 Å². The average molecular weight is 393 g/mol. The SMILES string of the molecule is CCn1c(SC(C)c2nc(C(C)(C)C)no2)nc2sc(C)c(C)c2c1=O. The Kier molecular flexibility index (Phi) is 5.00. The zero-order valence-corrected chi connectivity index (χ0v) is 17.8. The molecule has 8 heteroatoms. The fourth-order valence-corrected chi connectivity index (χ4v) is 4.66. The van der Waals surface area contributed by atoms with Gasteiger partial charge in [-0.15, -0.1) is 11.3 Å². The van der Waals surface area contributed by atoms with Crippen LogP contribution in [0.4, 0.5) is 0 Å². The van der Waals surface area contributed by atoms with Crippen LogP contribution < -0.4 is 5.56 Å². The van der Waals surface area contributed by atoms with Crippen molar-refractivity contribution in [3.8, 4) is 0 Å². The quantitative estimate of drug-likeness (QED) is 0.476. The first kappa shape index (κ1) is 19.1. The second-order valence-corrected chi connectivity index (χ2v) is 9.88. The van der Waals surface area contributed by atoms with Crippen LogP contribution in [0.3, 0.4) is 0 Å². The zero-order chi connectivity index (χ0) is 19.2. The first-order valence-electron chi connectivity index (χ1n) is 8.64. The maximum absolute atomic E-state index is 12.9. The molecule has 0 aliphatic rings. The van der Waals surface area contributed by atoms with Crippen molar-refractivity contribution in [2.75, 3.05) is 0 Å². The molecule has 3 aromatic rings. The molecule has 0 aliphatic carbocycles. The molecule has 0 aliphatic heterocycles. The van der Waals surface area contributed by atoms with Crippen LogP contribution in [0, 0.1) is 13.8 Å². The van der Waals surface area contributed by atoms with Crippen LogP contribution in [-0.4, -0.2) is 19.7 Å². The van der Waals surface area contributed by atoms with Crippen molar-refractivity contribution in [2.45, 2.75) is 70.8 Å². The second kappa shape index (κ2) is 6.81. The number of rotatable bonds is 4. The molecule has 0 saturated heterocycles. The van der Waals surface area contributed by atoms with Crippen molar-refractivity contribution in [1.82, 2.24) is 19.7 Å². The molecule has 0 amide bonds. The van der Waals surface area contributed by atoms with Crippen LogP contribution in [0.25, 0.3) is 10.2 Å². The molecule has 3 aromatic heterocycles. The Bertz CT molecular complexity index is 1010. The molecule has 3 heterocycles. The maximum atomic E-state index is 12.9. The van der Waals surface area contributed by atoms with E-state index in [4.69, 9.17) is 9.51 Å². The van der Waals surface area contributed by atoms with E-state index in [1.165, 1.54) is 11.8 Å². The Morgan fingerprint density at radius 1 is 1.27 bits per heavy atom. The smallest absolute Gasteiger partial charge is 0.263 e. The molecule has 1 atom stereocenters. The fourth-order valence-electron chi connectivity index (χ4n) is 2.59. The largest absolute Gasteiger partial charge is 0.338 e. The lowest BCUT2D eigenvalue weighted by atomic mass is 9.96. The highest BCUT2D eigenvalue weighted by Gasteiger charge is 2.25. The van der Waals surface area contributed by atoms with Gasteiger partial charge in [0.15, 0.2) is 11.0 Å². The van der Waals surface area contributed by atoms with Crippen molar-refractivity contribution in [1.29, 1.82) is 0 Å². The first-order valence-corrected chi connectivity index (χ1v) is 10.3. The van der Waals surface area contributed by atoms with Gasteiger partial charge in [0.25, 0.3) is 5.56 Å². The van der Waals surface area contributed by atoms with Crippen molar-refractivity contribution < 1.29 is 4.52 Å². The third kappa shape index (κ3) is 3.32. The topological polar surface area (TPSA) is 73.8 Å². The Labute approximate surface area is 161 Å². The van der Waals surface area contributed by atoms with Gasteiger partial charge in [0.05, 0.1) is 10.6 Å². The Hall–Kier alpha value is -1.67. The predicted molar refractivity (Wildman–Crippen MR) is 106 cm³/mol. The van der Waals surface area contributed by atoms with Gasteiger partial charge in [-0.3, -0.25) is 9.36 Å². The molecule has 0 fully saturated rings. The molecule has 0 saturated carbocycles. The van der Waals surface area contributed by atoms with Crippen molar-refractivity contribution in [2.24, 2.45) is 0 Å². The van der Waals surface area contributed by atoms with Crippen molar-refractivity contribution >= 4 is 33.3 Å². The lowest BCUT2D eigenvalue weighted by Gasteiger charge is -2.13. The monoisotopic (exact) mass is 392 g/mol. The second-order valence-electron chi connectivity index (χ2n) is 7.37. The minimum atomic E-state index is -0.166. The van der Waals surface area contributed by atoms with Gasteiger partial charge in [0, 0.05) is 16.8 Å². The lowest BCUT2D eigenvalue weighted by molar-refractivity contribution is 0.364. The number of hydrogen-bond donors (Lipinski definition) is 0. The van der Waals surface area contributed by atoms with Gasteiger partial charge in [-0.1, -0.05) is 37.7 Å². The standard InChI is InChI=1S/C18H24N4O2S2/c1-8-22-15(23)12-9(2)10(3)25-14(12)20-17(22)26-11(4)13-19-16(21-24-13)18(5,6)7/h11H,8H2,1-7H3. The molecule has 0 aromatic carbocycles. The minimum absolute atomic E-state index is 0.0231. The van der Waals surface area contributed by atoms with Crippen LogP contribution in [0.15, 0.2) is 14.5 Å². The summed E-state index contributed by atoms with van der Waals surface area (Å²) in [5.74, 6) is 1.23. The first-order chi connectivity index (χ1) is 12.1. The van der Waals surface area contributed by atoms with Crippen molar-refractivity contribution in [3.05, 3.63) is 32.5 Å². The highest BCUT2D eigenvalue weighted by atomic mass is 32.2. The highest BCUT2D eigenvalue weighted by molar-refractivity contribution is 7.99. The summed E-state index contributed by atoms with van der Waals surface area (Å²) in [5, 5.41) is 5.42. The van der Waals surface area contributed by atoms with Gasteiger partial charge in [-0.2, -0.15) is 4.98 Å². The molecular weight excluding hydrogens is 368 g/mol.